The lowest BCUT2D eigenvalue weighted by atomic mass is 10.2. The molecule has 0 aliphatic carbocycles. The van der Waals surface area contributed by atoms with Crippen LogP contribution in [0.5, 0.6) is 0 Å². The van der Waals surface area contributed by atoms with Crippen molar-refractivity contribution < 1.29 is 8.42 Å². The van der Waals surface area contributed by atoms with E-state index in [0.29, 0.717) is 15.7 Å². The number of benzene rings is 1. The standard InChI is InChI=1S/C11H10BrClN2O2S2/c1-6-4-7(12)5-8(14)11(6)15-19(16,17)10-3-2-9(13)18-10/h2-5,15H,14H2,1H3. The van der Waals surface area contributed by atoms with Crippen LogP contribution < -0.4 is 10.5 Å². The third-order valence-electron chi connectivity index (χ3n) is 2.38. The van der Waals surface area contributed by atoms with E-state index >= 15 is 0 Å². The van der Waals surface area contributed by atoms with Crippen molar-refractivity contribution >= 4 is 60.3 Å². The molecule has 1 aromatic heterocycles. The van der Waals surface area contributed by atoms with Gasteiger partial charge in [0.25, 0.3) is 10.0 Å². The zero-order chi connectivity index (χ0) is 14.2. The molecular formula is C11H10BrClN2O2S2. The molecule has 2 rings (SSSR count). The van der Waals surface area contributed by atoms with E-state index in [1.54, 1.807) is 25.1 Å². The van der Waals surface area contributed by atoms with Crippen molar-refractivity contribution in [3.63, 3.8) is 0 Å². The van der Waals surface area contributed by atoms with E-state index in [1.165, 1.54) is 6.07 Å². The summed E-state index contributed by atoms with van der Waals surface area (Å²) in [6, 6.07) is 6.43. The molecule has 102 valence electrons. The maximum atomic E-state index is 12.2. The Morgan fingerprint density at radius 1 is 1.37 bits per heavy atom. The Hall–Kier alpha value is -0.760. The van der Waals surface area contributed by atoms with E-state index in [4.69, 9.17) is 17.3 Å². The molecule has 0 fully saturated rings. The summed E-state index contributed by atoms with van der Waals surface area (Å²) in [7, 11) is -3.66. The first kappa shape index (κ1) is 14.6. The van der Waals surface area contributed by atoms with Crippen LogP contribution in [0, 0.1) is 6.92 Å². The molecule has 2 aromatic rings. The fourth-order valence-corrected chi connectivity index (χ4v) is 4.77. The van der Waals surface area contributed by atoms with Gasteiger partial charge in [-0.25, -0.2) is 8.42 Å². The highest BCUT2D eigenvalue weighted by Gasteiger charge is 2.19. The lowest BCUT2D eigenvalue weighted by Gasteiger charge is -2.12. The Morgan fingerprint density at radius 3 is 2.58 bits per heavy atom. The van der Waals surface area contributed by atoms with E-state index < -0.39 is 10.0 Å². The minimum absolute atomic E-state index is 0.152. The van der Waals surface area contributed by atoms with Gasteiger partial charge in [-0.05, 0) is 36.8 Å². The molecule has 0 unspecified atom stereocenters. The molecule has 8 heteroatoms. The molecule has 0 atom stereocenters. The van der Waals surface area contributed by atoms with Crippen LogP contribution in [0.1, 0.15) is 5.56 Å². The summed E-state index contributed by atoms with van der Waals surface area (Å²) in [6.07, 6.45) is 0. The van der Waals surface area contributed by atoms with Crippen molar-refractivity contribution in [2.75, 3.05) is 10.5 Å². The van der Waals surface area contributed by atoms with Gasteiger partial charge in [-0.3, -0.25) is 4.72 Å². The molecule has 0 saturated heterocycles. The Bertz CT molecular complexity index is 705. The lowest BCUT2D eigenvalue weighted by molar-refractivity contribution is 0.603. The van der Waals surface area contributed by atoms with Crippen LogP contribution in [0.25, 0.3) is 0 Å². The van der Waals surface area contributed by atoms with Crippen molar-refractivity contribution in [3.05, 3.63) is 38.6 Å². The van der Waals surface area contributed by atoms with Gasteiger partial charge in [0.1, 0.15) is 4.21 Å². The number of sulfonamides is 1. The first-order chi connectivity index (χ1) is 8.79. The van der Waals surface area contributed by atoms with Crippen molar-refractivity contribution in [3.8, 4) is 0 Å². The summed E-state index contributed by atoms with van der Waals surface area (Å²) >= 11 is 10.0. The predicted molar refractivity (Wildman–Crippen MR) is 83.4 cm³/mol. The van der Waals surface area contributed by atoms with Crippen molar-refractivity contribution in [2.45, 2.75) is 11.1 Å². The van der Waals surface area contributed by atoms with Gasteiger partial charge in [0.2, 0.25) is 0 Å². The summed E-state index contributed by atoms with van der Waals surface area (Å²) in [5, 5.41) is 0. The predicted octanol–water partition coefficient (Wildman–Crippen LogP) is 3.86. The average Bonchev–Trinajstić information content (AvgIpc) is 2.71. The number of halogens is 2. The highest BCUT2D eigenvalue weighted by molar-refractivity contribution is 9.10. The van der Waals surface area contributed by atoms with Crippen LogP contribution in [-0.4, -0.2) is 8.42 Å². The van der Waals surface area contributed by atoms with Gasteiger partial charge in [-0.1, -0.05) is 27.5 Å². The van der Waals surface area contributed by atoms with E-state index in [-0.39, 0.29) is 4.21 Å². The van der Waals surface area contributed by atoms with Crippen molar-refractivity contribution in [1.82, 2.24) is 0 Å². The highest BCUT2D eigenvalue weighted by Crippen LogP contribution is 2.32. The molecule has 0 spiro atoms. The molecule has 0 bridgehead atoms. The van der Waals surface area contributed by atoms with Gasteiger partial charge in [0.15, 0.2) is 0 Å². The van der Waals surface area contributed by atoms with Gasteiger partial charge in [0, 0.05) is 4.47 Å². The SMILES string of the molecule is Cc1cc(Br)cc(N)c1NS(=O)(=O)c1ccc(Cl)s1. The minimum Gasteiger partial charge on any atom is -0.397 e. The largest absolute Gasteiger partial charge is 0.397 e. The average molecular weight is 382 g/mol. The van der Waals surface area contributed by atoms with Gasteiger partial charge in [-0.15, -0.1) is 11.3 Å². The molecule has 0 aliphatic rings. The van der Waals surface area contributed by atoms with E-state index in [1.807, 2.05) is 0 Å². The van der Waals surface area contributed by atoms with Gasteiger partial charge < -0.3 is 5.73 Å². The Balaban J connectivity index is 2.41. The van der Waals surface area contributed by atoms with Crippen LogP contribution in [0.4, 0.5) is 11.4 Å². The van der Waals surface area contributed by atoms with Gasteiger partial charge in [-0.2, -0.15) is 0 Å². The molecule has 3 N–H and O–H groups in total. The molecule has 0 saturated carbocycles. The quantitative estimate of drug-likeness (QED) is 0.793. The molecule has 19 heavy (non-hydrogen) atoms. The summed E-state index contributed by atoms with van der Waals surface area (Å²) < 4.78 is 28.2. The summed E-state index contributed by atoms with van der Waals surface area (Å²) in [4.78, 5) is 0. The number of aryl methyl sites for hydroxylation is 1. The maximum absolute atomic E-state index is 12.2. The Kier molecular flexibility index (Phi) is 4.10. The summed E-state index contributed by atoms with van der Waals surface area (Å²) in [6.45, 7) is 1.78. The lowest BCUT2D eigenvalue weighted by Crippen LogP contribution is -2.13. The second-order valence-electron chi connectivity index (χ2n) is 3.85. The maximum Gasteiger partial charge on any atom is 0.271 e. The van der Waals surface area contributed by atoms with Crippen molar-refractivity contribution in [1.29, 1.82) is 0 Å². The molecule has 0 amide bonds. The molecule has 0 radical (unpaired) electrons. The van der Waals surface area contributed by atoms with Gasteiger partial charge >= 0.3 is 0 Å². The zero-order valence-corrected chi connectivity index (χ0v) is 13.8. The third kappa shape index (κ3) is 3.22. The number of thiophene rings is 1. The van der Waals surface area contributed by atoms with Crippen LogP contribution in [-0.2, 0) is 10.0 Å². The monoisotopic (exact) mass is 380 g/mol. The number of hydrogen-bond donors (Lipinski definition) is 2. The minimum atomic E-state index is -3.66. The van der Waals surface area contributed by atoms with E-state index in [2.05, 4.69) is 20.7 Å². The molecule has 0 aliphatic heterocycles. The van der Waals surface area contributed by atoms with E-state index in [9.17, 15) is 8.42 Å². The van der Waals surface area contributed by atoms with Crippen LogP contribution in [0.3, 0.4) is 0 Å². The molecular weight excluding hydrogens is 372 g/mol. The fraction of sp³-hybridized carbons (Fsp3) is 0.0909. The topological polar surface area (TPSA) is 72.2 Å². The molecule has 1 aromatic carbocycles. The number of hydrogen-bond acceptors (Lipinski definition) is 4. The number of nitrogen functional groups attached to an aromatic ring is 1. The second kappa shape index (κ2) is 5.32. The van der Waals surface area contributed by atoms with Crippen molar-refractivity contribution in [2.24, 2.45) is 0 Å². The summed E-state index contributed by atoms with van der Waals surface area (Å²) in [5.41, 5.74) is 7.31. The summed E-state index contributed by atoms with van der Waals surface area (Å²) in [5.74, 6) is 0. The van der Waals surface area contributed by atoms with Crippen LogP contribution in [0.15, 0.2) is 32.9 Å². The normalized spacial score (nSPS) is 11.5. The molecule has 4 nitrogen and oxygen atoms in total. The number of rotatable bonds is 3. The fourth-order valence-electron chi connectivity index (χ4n) is 1.54. The van der Waals surface area contributed by atoms with Crippen LogP contribution in [0.2, 0.25) is 4.34 Å². The Morgan fingerprint density at radius 2 is 2.05 bits per heavy atom. The Labute approximate surface area is 128 Å². The number of nitrogens with two attached hydrogens (primary N) is 1. The number of nitrogens with one attached hydrogen (secondary N) is 1. The highest BCUT2D eigenvalue weighted by atomic mass is 79.9. The molecule has 1 heterocycles. The van der Waals surface area contributed by atoms with Crippen LogP contribution >= 0.6 is 38.9 Å². The first-order valence-corrected chi connectivity index (χ1v) is 8.60. The zero-order valence-electron chi connectivity index (χ0n) is 9.78. The third-order valence-corrected chi connectivity index (χ3v) is 5.91. The first-order valence-electron chi connectivity index (χ1n) is 5.13. The smallest absolute Gasteiger partial charge is 0.271 e. The van der Waals surface area contributed by atoms with Gasteiger partial charge in [0.05, 0.1) is 15.7 Å². The second-order valence-corrected chi connectivity index (χ2v) is 8.39. The van der Waals surface area contributed by atoms with E-state index in [0.717, 1.165) is 21.4 Å². The number of anilines is 2.